The van der Waals surface area contributed by atoms with Crippen molar-refractivity contribution in [2.75, 3.05) is 25.6 Å². The number of nitrogen functional groups attached to an aromatic ring is 1. The molecule has 0 fully saturated rings. The van der Waals surface area contributed by atoms with Gasteiger partial charge in [0.05, 0.1) is 26.1 Å². The Labute approximate surface area is 131 Å². The van der Waals surface area contributed by atoms with E-state index >= 15 is 0 Å². The molecule has 10 heteroatoms. The summed E-state index contributed by atoms with van der Waals surface area (Å²) in [5, 5.41) is 18.7. The molecule has 128 valence electrons. The molecule has 0 aliphatic heterocycles. The van der Waals surface area contributed by atoms with E-state index in [1.807, 2.05) is 0 Å². The highest BCUT2D eigenvalue weighted by Crippen LogP contribution is 2.25. The number of anilines is 1. The second kappa shape index (κ2) is 7.49. The van der Waals surface area contributed by atoms with Crippen molar-refractivity contribution < 1.29 is 24.1 Å². The van der Waals surface area contributed by atoms with Crippen LogP contribution in [0.4, 0.5) is 10.3 Å². The van der Waals surface area contributed by atoms with Crippen molar-refractivity contribution in [1.29, 1.82) is 0 Å². The topological polar surface area (TPSA) is 129 Å². The van der Waals surface area contributed by atoms with E-state index < -0.39 is 31.7 Å². The lowest BCUT2D eigenvalue weighted by atomic mass is 10.2. The monoisotopic (exact) mass is 329 g/mol. The number of nitrogens with zero attached hydrogens (tertiary/aromatic N) is 4. The maximum Gasteiger partial charge on any atom is 0.247 e. The highest BCUT2D eigenvalue weighted by atomic mass is 19.1. The van der Waals surface area contributed by atoms with Gasteiger partial charge in [0.1, 0.15) is 12.3 Å². The first-order chi connectivity index (χ1) is 11.0. The van der Waals surface area contributed by atoms with Crippen LogP contribution in [-0.4, -0.2) is 61.8 Å². The number of alkyl halides is 1. The van der Waals surface area contributed by atoms with E-state index in [4.69, 9.17) is 15.2 Å². The second-order valence-electron chi connectivity index (χ2n) is 4.82. The predicted octanol–water partition coefficient (Wildman–Crippen LogP) is 0.0336. The lowest BCUT2D eigenvalue weighted by molar-refractivity contribution is -0.117. The fourth-order valence-corrected chi connectivity index (χ4v) is 2.05. The van der Waals surface area contributed by atoms with Gasteiger partial charge < -0.3 is 25.4 Å². The average Bonchev–Trinajstić information content (AvgIpc) is 2.92. The number of imidazole rings is 1. The summed E-state index contributed by atoms with van der Waals surface area (Å²) in [6, 6.07) is 0. The molecule has 2 rings (SSSR count). The molecule has 23 heavy (non-hydrogen) atoms. The van der Waals surface area contributed by atoms with Crippen LogP contribution in [-0.2, 0) is 4.74 Å². The molecular formula is C13H20FN5O4. The van der Waals surface area contributed by atoms with E-state index in [-0.39, 0.29) is 17.5 Å². The molecule has 3 atom stereocenters. The van der Waals surface area contributed by atoms with Crippen LogP contribution < -0.4 is 10.5 Å². The highest BCUT2D eigenvalue weighted by molar-refractivity contribution is 5.77. The largest absolute Gasteiger partial charge is 0.476 e. The molecule has 0 saturated carbocycles. The van der Waals surface area contributed by atoms with Gasteiger partial charge in [0.15, 0.2) is 17.4 Å². The number of aliphatic hydroxyl groups excluding tert-OH is 2. The second-order valence-corrected chi connectivity index (χ2v) is 4.82. The van der Waals surface area contributed by atoms with Crippen LogP contribution >= 0.6 is 0 Å². The van der Waals surface area contributed by atoms with Crippen molar-refractivity contribution >= 4 is 17.1 Å². The molecule has 0 amide bonds. The third-order valence-corrected chi connectivity index (χ3v) is 3.18. The minimum Gasteiger partial charge on any atom is -0.476 e. The van der Waals surface area contributed by atoms with Gasteiger partial charge in [0.25, 0.3) is 0 Å². The van der Waals surface area contributed by atoms with E-state index in [0.717, 1.165) is 0 Å². The number of aromatic nitrogens is 4. The summed E-state index contributed by atoms with van der Waals surface area (Å²) in [6.45, 7) is 2.42. The minimum atomic E-state index is -1.41. The molecule has 0 aromatic carbocycles. The lowest BCUT2D eigenvalue weighted by Gasteiger charge is -2.24. The maximum absolute atomic E-state index is 13.4. The van der Waals surface area contributed by atoms with Crippen molar-refractivity contribution in [1.82, 2.24) is 19.5 Å². The molecule has 2 heterocycles. The number of nitrogens with two attached hydrogens (primary N) is 1. The van der Waals surface area contributed by atoms with Crippen molar-refractivity contribution in [2.24, 2.45) is 0 Å². The quantitative estimate of drug-likeness (QED) is 0.619. The van der Waals surface area contributed by atoms with Crippen molar-refractivity contribution in [3.8, 4) is 5.88 Å². The predicted molar refractivity (Wildman–Crippen MR) is 79.6 cm³/mol. The SMILES string of the molecule is CCOc1nc(N)nc2c1ncn2[C@@H](CO)O[C@H](CO)[C@H](C)F. The van der Waals surface area contributed by atoms with Crippen LogP contribution in [0.15, 0.2) is 6.33 Å². The first kappa shape index (κ1) is 17.3. The van der Waals surface area contributed by atoms with E-state index in [9.17, 15) is 14.6 Å². The molecule has 0 unspecified atom stereocenters. The van der Waals surface area contributed by atoms with Crippen LogP contribution in [0.2, 0.25) is 0 Å². The van der Waals surface area contributed by atoms with Gasteiger partial charge in [0, 0.05) is 0 Å². The third-order valence-electron chi connectivity index (χ3n) is 3.18. The Balaban J connectivity index is 2.41. The fraction of sp³-hybridized carbons (Fsp3) is 0.615. The Morgan fingerprint density at radius 1 is 1.35 bits per heavy atom. The summed E-state index contributed by atoms with van der Waals surface area (Å²) in [4.78, 5) is 12.2. The van der Waals surface area contributed by atoms with Crippen LogP contribution in [0, 0.1) is 0 Å². The highest BCUT2D eigenvalue weighted by Gasteiger charge is 2.25. The van der Waals surface area contributed by atoms with E-state index in [1.165, 1.54) is 17.8 Å². The molecule has 0 aliphatic rings. The third kappa shape index (κ3) is 3.66. The standard InChI is InChI=1S/C13H20FN5O4/c1-3-22-12-10-11(17-13(15)18-12)19(6-16-10)9(5-21)23-8(4-20)7(2)14/h6-9,20-21H,3-5H2,1-2H3,(H2,15,17,18)/t7-,8+,9+/m0/s1. The first-order valence-electron chi connectivity index (χ1n) is 7.15. The number of hydrogen-bond acceptors (Lipinski definition) is 8. The zero-order valence-corrected chi connectivity index (χ0v) is 12.9. The van der Waals surface area contributed by atoms with Gasteiger partial charge >= 0.3 is 0 Å². The molecule has 0 radical (unpaired) electrons. The summed E-state index contributed by atoms with van der Waals surface area (Å²) in [6.07, 6.45) is -2.13. The number of rotatable bonds is 8. The number of aliphatic hydroxyl groups is 2. The molecule has 4 N–H and O–H groups in total. The Bertz CT molecular complexity index is 651. The summed E-state index contributed by atoms with van der Waals surface area (Å²) in [5.41, 5.74) is 6.28. The molecule has 9 nitrogen and oxygen atoms in total. The van der Waals surface area contributed by atoms with Crippen LogP contribution in [0.1, 0.15) is 20.1 Å². The van der Waals surface area contributed by atoms with Gasteiger partial charge in [-0.2, -0.15) is 9.97 Å². The van der Waals surface area contributed by atoms with Crippen molar-refractivity contribution in [3.05, 3.63) is 6.33 Å². The zero-order chi connectivity index (χ0) is 17.0. The fourth-order valence-electron chi connectivity index (χ4n) is 2.05. The zero-order valence-electron chi connectivity index (χ0n) is 12.9. The average molecular weight is 329 g/mol. The van der Waals surface area contributed by atoms with Crippen LogP contribution in [0.3, 0.4) is 0 Å². The van der Waals surface area contributed by atoms with Gasteiger partial charge in [-0.05, 0) is 13.8 Å². The van der Waals surface area contributed by atoms with E-state index in [0.29, 0.717) is 12.1 Å². The number of fused-ring (bicyclic) bond motifs is 1. The Hall–Kier alpha value is -2.04. The smallest absolute Gasteiger partial charge is 0.247 e. The van der Waals surface area contributed by atoms with Gasteiger partial charge in [-0.1, -0.05) is 0 Å². The summed E-state index contributed by atoms with van der Waals surface area (Å²) in [5.74, 6) is 0.181. The Morgan fingerprint density at radius 3 is 2.65 bits per heavy atom. The van der Waals surface area contributed by atoms with E-state index in [2.05, 4.69) is 15.0 Å². The molecule has 0 bridgehead atoms. The summed E-state index contributed by atoms with van der Waals surface area (Å²) >= 11 is 0. The normalized spacial score (nSPS) is 15.5. The van der Waals surface area contributed by atoms with E-state index in [1.54, 1.807) is 6.92 Å². The molecule has 2 aromatic heterocycles. The minimum absolute atomic E-state index is 0.0306. The maximum atomic E-state index is 13.4. The molecule has 0 aliphatic carbocycles. The first-order valence-corrected chi connectivity index (χ1v) is 7.15. The molecule has 2 aromatic rings. The molecule has 0 saturated heterocycles. The number of hydrogen-bond donors (Lipinski definition) is 3. The van der Waals surface area contributed by atoms with Gasteiger partial charge in [-0.3, -0.25) is 4.57 Å². The van der Waals surface area contributed by atoms with Gasteiger partial charge in [-0.25, -0.2) is 9.37 Å². The number of ether oxygens (including phenoxy) is 2. The Kier molecular flexibility index (Phi) is 5.64. The summed E-state index contributed by atoms with van der Waals surface area (Å²) in [7, 11) is 0. The van der Waals surface area contributed by atoms with Crippen molar-refractivity contribution in [3.63, 3.8) is 0 Å². The molecule has 0 spiro atoms. The van der Waals surface area contributed by atoms with Crippen LogP contribution in [0.5, 0.6) is 5.88 Å². The van der Waals surface area contributed by atoms with Gasteiger partial charge in [0.2, 0.25) is 11.8 Å². The number of halogens is 1. The van der Waals surface area contributed by atoms with Crippen molar-refractivity contribution in [2.45, 2.75) is 32.4 Å². The molecular weight excluding hydrogens is 309 g/mol. The Morgan fingerprint density at radius 2 is 2.09 bits per heavy atom. The lowest BCUT2D eigenvalue weighted by Crippen LogP contribution is -2.32. The summed E-state index contributed by atoms with van der Waals surface area (Å²) < 4.78 is 25.5. The van der Waals surface area contributed by atoms with Gasteiger partial charge in [-0.15, -0.1) is 0 Å². The van der Waals surface area contributed by atoms with Crippen LogP contribution in [0.25, 0.3) is 11.2 Å².